The van der Waals surface area contributed by atoms with Crippen LogP contribution in [0.1, 0.15) is 24.3 Å². The minimum atomic E-state index is 0.353. The molecule has 0 aliphatic carbocycles. The van der Waals surface area contributed by atoms with Crippen LogP contribution in [0.15, 0.2) is 33.8 Å². The Bertz CT molecular complexity index is 355. The maximum absolute atomic E-state index is 5.13. The van der Waals surface area contributed by atoms with E-state index in [-0.39, 0.29) is 0 Å². The highest BCUT2D eigenvalue weighted by atomic mass is 32.1. The Morgan fingerprint density at radius 3 is 3.21 bits per heavy atom. The summed E-state index contributed by atoms with van der Waals surface area (Å²) < 4.78 is 5.13. The van der Waals surface area contributed by atoms with E-state index in [1.807, 2.05) is 0 Å². The third kappa shape index (κ3) is 2.21. The molecular formula is C10H12N2OS. The van der Waals surface area contributed by atoms with Crippen molar-refractivity contribution in [1.82, 2.24) is 10.3 Å². The van der Waals surface area contributed by atoms with E-state index in [4.69, 9.17) is 4.42 Å². The Hall–Kier alpha value is -1.13. The van der Waals surface area contributed by atoms with Gasteiger partial charge in [-0.25, -0.2) is 4.98 Å². The van der Waals surface area contributed by atoms with E-state index < -0.39 is 0 Å². The number of hydrogen-bond acceptors (Lipinski definition) is 4. The van der Waals surface area contributed by atoms with E-state index in [1.165, 1.54) is 12.0 Å². The molecule has 0 fully saturated rings. The number of oxazole rings is 1. The Kier molecular flexibility index (Phi) is 2.96. The molecular weight excluding hydrogens is 196 g/mol. The Morgan fingerprint density at radius 2 is 2.57 bits per heavy atom. The van der Waals surface area contributed by atoms with Crippen molar-refractivity contribution in [2.45, 2.75) is 19.5 Å². The molecule has 1 atom stereocenters. The Labute approximate surface area is 86.8 Å². The van der Waals surface area contributed by atoms with Crippen molar-refractivity contribution in [3.8, 4) is 0 Å². The van der Waals surface area contributed by atoms with Crippen LogP contribution >= 0.6 is 11.3 Å². The highest BCUT2D eigenvalue weighted by Gasteiger charge is 2.05. The van der Waals surface area contributed by atoms with Gasteiger partial charge in [0.05, 0.1) is 12.7 Å². The fourth-order valence-electron chi connectivity index (χ4n) is 1.22. The second-order valence-electron chi connectivity index (χ2n) is 3.13. The molecule has 4 heteroatoms. The molecule has 2 heterocycles. The Morgan fingerprint density at radius 1 is 1.64 bits per heavy atom. The average molecular weight is 208 g/mol. The summed E-state index contributed by atoms with van der Waals surface area (Å²) in [4.78, 5) is 3.86. The lowest BCUT2D eigenvalue weighted by molar-refractivity contribution is 0.458. The van der Waals surface area contributed by atoms with Crippen LogP contribution in [0.25, 0.3) is 0 Å². The van der Waals surface area contributed by atoms with E-state index in [2.05, 4.69) is 34.1 Å². The smallest absolute Gasteiger partial charge is 0.180 e. The first-order chi connectivity index (χ1) is 6.86. The summed E-state index contributed by atoms with van der Waals surface area (Å²) >= 11 is 1.72. The zero-order chi connectivity index (χ0) is 9.80. The molecule has 0 aromatic carbocycles. The number of nitrogens with zero attached hydrogens (tertiary/aromatic N) is 1. The van der Waals surface area contributed by atoms with Crippen molar-refractivity contribution in [3.05, 3.63) is 40.7 Å². The quantitative estimate of drug-likeness (QED) is 0.839. The van der Waals surface area contributed by atoms with Crippen molar-refractivity contribution < 1.29 is 4.42 Å². The summed E-state index contributed by atoms with van der Waals surface area (Å²) in [6, 6.07) is 2.48. The van der Waals surface area contributed by atoms with E-state index in [9.17, 15) is 0 Å². The Balaban J connectivity index is 1.87. The van der Waals surface area contributed by atoms with E-state index in [0.29, 0.717) is 6.04 Å². The number of aromatic nitrogens is 1. The maximum Gasteiger partial charge on any atom is 0.180 e. The zero-order valence-corrected chi connectivity index (χ0v) is 8.75. The standard InChI is InChI=1S/C10H12N2OS/c1-8(9-2-3-14-6-9)12-5-10-4-11-7-13-10/h2-4,6-8,12H,5H2,1H3. The molecule has 1 unspecified atom stereocenters. The lowest BCUT2D eigenvalue weighted by atomic mass is 10.2. The van der Waals surface area contributed by atoms with Gasteiger partial charge in [0.25, 0.3) is 0 Å². The van der Waals surface area contributed by atoms with Gasteiger partial charge in [0.2, 0.25) is 0 Å². The number of thiophene rings is 1. The van der Waals surface area contributed by atoms with Crippen molar-refractivity contribution in [2.24, 2.45) is 0 Å². The third-order valence-electron chi connectivity index (χ3n) is 2.11. The SMILES string of the molecule is CC(NCc1cnco1)c1ccsc1. The lowest BCUT2D eigenvalue weighted by Crippen LogP contribution is -2.17. The molecule has 0 saturated carbocycles. The van der Waals surface area contributed by atoms with Crippen LogP contribution in [0.3, 0.4) is 0 Å². The van der Waals surface area contributed by atoms with Gasteiger partial charge in [0, 0.05) is 6.04 Å². The first kappa shape index (κ1) is 9.43. The molecule has 0 aliphatic heterocycles. The van der Waals surface area contributed by atoms with Gasteiger partial charge < -0.3 is 9.73 Å². The normalized spacial score (nSPS) is 12.9. The maximum atomic E-state index is 5.13. The van der Waals surface area contributed by atoms with Crippen LogP contribution in [0.2, 0.25) is 0 Å². The summed E-state index contributed by atoms with van der Waals surface area (Å²) in [6.07, 6.45) is 3.18. The second-order valence-corrected chi connectivity index (χ2v) is 3.91. The first-order valence-electron chi connectivity index (χ1n) is 4.49. The monoisotopic (exact) mass is 208 g/mol. The van der Waals surface area contributed by atoms with Gasteiger partial charge >= 0.3 is 0 Å². The fourth-order valence-corrected chi connectivity index (χ4v) is 1.98. The predicted octanol–water partition coefficient (Wildman–Crippen LogP) is 2.59. The predicted molar refractivity (Wildman–Crippen MR) is 56.1 cm³/mol. The molecule has 2 rings (SSSR count). The van der Waals surface area contributed by atoms with Gasteiger partial charge in [-0.15, -0.1) is 0 Å². The topological polar surface area (TPSA) is 38.1 Å². The van der Waals surface area contributed by atoms with Crippen LogP contribution in [0.5, 0.6) is 0 Å². The van der Waals surface area contributed by atoms with Gasteiger partial charge in [-0.2, -0.15) is 11.3 Å². The van der Waals surface area contributed by atoms with Crippen LogP contribution < -0.4 is 5.32 Å². The molecule has 2 aromatic heterocycles. The van der Waals surface area contributed by atoms with Crippen LogP contribution in [0.4, 0.5) is 0 Å². The highest BCUT2D eigenvalue weighted by Crippen LogP contribution is 2.15. The molecule has 2 aromatic rings. The number of rotatable bonds is 4. The van der Waals surface area contributed by atoms with Gasteiger partial charge in [-0.05, 0) is 29.3 Å². The molecule has 0 amide bonds. The van der Waals surface area contributed by atoms with Crippen LogP contribution in [0, 0.1) is 0 Å². The van der Waals surface area contributed by atoms with E-state index >= 15 is 0 Å². The average Bonchev–Trinajstić information content (AvgIpc) is 2.87. The highest BCUT2D eigenvalue weighted by molar-refractivity contribution is 7.07. The van der Waals surface area contributed by atoms with Crippen molar-refractivity contribution in [2.75, 3.05) is 0 Å². The minimum absolute atomic E-state index is 0.353. The molecule has 1 N–H and O–H groups in total. The minimum Gasteiger partial charge on any atom is -0.447 e. The number of nitrogens with one attached hydrogen (secondary N) is 1. The first-order valence-corrected chi connectivity index (χ1v) is 5.43. The summed E-state index contributed by atoms with van der Waals surface area (Å²) in [5, 5.41) is 7.60. The van der Waals surface area contributed by atoms with E-state index in [1.54, 1.807) is 17.5 Å². The molecule has 14 heavy (non-hydrogen) atoms. The van der Waals surface area contributed by atoms with Gasteiger partial charge in [0.15, 0.2) is 6.39 Å². The van der Waals surface area contributed by atoms with Crippen LogP contribution in [-0.4, -0.2) is 4.98 Å². The summed E-state index contributed by atoms with van der Waals surface area (Å²) in [5.74, 6) is 0.868. The molecule has 0 bridgehead atoms. The van der Waals surface area contributed by atoms with Gasteiger partial charge in [-0.1, -0.05) is 0 Å². The number of hydrogen-bond donors (Lipinski definition) is 1. The molecule has 74 valence electrons. The van der Waals surface area contributed by atoms with Gasteiger partial charge in [0.1, 0.15) is 5.76 Å². The zero-order valence-electron chi connectivity index (χ0n) is 7.93. The molecule has 0 aliphatic rings. The lowest BCUT2D eigenvalue weighted by Gasteiger charge is -2.10. The summed E-state index contributed by atoms with van der Waals surface area (Å²) in [7, 11) is 0. The van der Waals surface area contributed by atoms with Crippen LogP contribution in [-0.2, 0) is 6.54 Å². The molecule has 0 saturated heterocycles. The van der Waals surface area contributed by atoms with Crippen molar-refractivity contribution >= 4 is 11.3 Å². The largest absolute Gasteiger partial charge is 0.447 e. The van der Waals surface area contributed by atoms with E-state index in [0.717, 1.165) is 12.3 Å². The molecule has 0 spiro atoms. The summed E-state index contributed by atoms with van der Waals surface area (Å²) in [5.41, 5.74) is 1.31. The second kappa shape index (κ2) is 4.39. The van der Waals surface area contributed by atoms with Crippen molar-refractivity contribution in [3.63, 3.8) is 0 Å². The van der Waals surface area contributed by atoms with Gasteiger partial charge in [-0.3, -0.25) is 0 Å². The third-order valence-corrected chi connectivity index (χ3v) is 2.81. The summed E-state index contributed by atoms with van der Waals surface area (Å²) in [6.45, 7) is 2.86. The fraction of sp³-hybridized carbons (Fsp3) is 0.300. The molecule has 0 radical (unpaired) electrons. The molecule has 3 nitrogen and oxygen atoms in total. The van der Waals surface area contributed by atoms with Crippen molar-refractivity contribution in [1.29, 1.82) is 0 Å².